The highest BCUT2D eigenvalue weighted by Crippen LogP contribution is 2.35. The molecule has 1 N–H and O–H groups in total. The topological polar surface area (TPSA) is 56.8 Å². The van der Waals surface area contributed by atoms with Gasteiger partial charge in [-0.3, -0.25) is 0 Å². The summed E-state index contributed by atoms with van der Waals surface area (Å²) in [4.78, 5) is 11.7. The summed E-state index contributed by atoms with van der Waals surface area (Å²) in [6, 6.07) is 7.41. The minimum Gasteiger partial charge on any atom is -0.497 e. The third-order valence-corrected chi connectivity index (χ3v) is 3.17. The molecular weight excluding hydrogens is 246 g/mol. The van der Waals surface area contributed by atoms with Gasteiger partial charge in [-0.25, -0.2) is 4.79 Å². The molecule has 1 aliphatic carbocycles. The molecule has 0 atom stereocenters. The van der Waals surface area contributed by atoms with E-state index < -0.39 is 6.09 Å². The monoisotopic (exact) mass is 265 g/mol. The first-order valence-corrected chi connectivity index (χ1v) is 6.24. The largest absolute Gasteiger partial charge is 0.497 e. The van der Waals surface area contributed by atoms with Crippen molar-refractivity contribution in [3.05, 3.63) is 29.8 Å². The minimum absolute atomic E-state index is 0.203. The Bertz CT molecular complexity index is 426. The van der Waals surface area contributed by atoms with E-state index >= 15 is 0 Å². The second-order valence-electron chi connectivity index (χ2n) is 4.76. The van der Waals surface area contributed by atoms with Crippen molar-refractivity contribution in [1.29, 1.82) is 0 Å². The van der Waals surface area contributed by atoms with Gasteiger partial charge in [0, 0.05) is 7.11 Å². The molecule has 0 unspecified atom stereocenters. The maximum atomic E-state index is 11.7. The molecule has 104 valence electrons. The predicted molar refractivity (Wildman–Crippen MR) is 70.2 cm³/mol. The standard InChI is InChI=1S/C14H19NO4/c1-17-10-14(7-8-14)15-13(16)19-9-11-3-5-12(18-2)6-4-11/h3-6H,7-10H2,1-2H3,(H,15,16). The highest BCUT2D eigenvalue weighted by Gasteiger charge is 2.44. The zero-order chi connectivity index (χ0) is 13.7. The lowest BCUT2D eigenvalue weighted by Crippen LogP contribution is -2.40. The van der Waals surface area contributed by atoms with Crippen LogP contribution in [0.5, 0.6) is 5.75 Å². The lowest BCUT2D eigenvalue weighted by molar-refractivity contribution is 0.116. The molecule has 0 bridgehead atoms. The molecule has 1 amide bonds. The first-order chi connectivity index (χ1) is 9.17. The van der Waals surface area contributed by atoms with E-state index in [0.29, 0.717) is 6.61 Å². The third kappa shape index (κ3) is 3.86. The van der Waals surface area contributed by atoms with Gasteiger partial charge in [0.2, 0.25) is 0 Å². The summed E-state index contributed by atoms with van der Waals surface area (Å²) in [6.45, 7) is 0.781. The van der Waals surface area contributed by atoms with Crippen LogP contribution in [0.1, 0.15) is 18.4 Å². The molecule has 5 nitrogen and oxygen atoms in total. The van der Waals surface area contributed by atoms with Gasteiger partial charge in [0.15, 0.2) is 0 Å². The number of methoxy groups -OCH3 is 2. The highest BCUT2D eigenvalue weighted by atomic mass is 16.5. The summed E-state index contributed by atoms with van der Waals surface area (Å²) in [5.74, 6) is 0.783. The Morgan fingerprint density at radius 2 is 1.95 bits per heavy atom. The van der Waals surface area contributed by atoms with E-state index in [2.05, 4.69) is 5.32 Å². The molecule has 1 saturated carbocycles. The second kappa shape index (κ2) is 5.93. The zero-order valence-corrected chi connectivity index (χ0v) is 11.3. The number of nitrogens with one attached hydrogen (secondary N) is 1. The molecule has 0 saturated heterocycles. The molecular formula is C14H19NO4. The maximum absolute atomic E-state index is 11.7. The first kappa shape index (κ1) is 13.7. The van der Waals surface area contributed by atoms with Crippen LogP contribution in [0.15, 0.2) is 24.3 Å². The number of carbonyl (C=O) groups excluding carboxylic acids is 1. The highest BCUT2D eigenvalue weighted by molar-refractivity contribution is 5.69. The van der Waals surface area contributed by atoms with E-state index in [1.165, 1.54) is 0 Å². The molecule has 2 rings (SSSR count). The Hall–Kier alpha value is -1.75. The Kier molecular flexibility index (Phi) is 4.27. The average molecular weight is 265 g/mol. The van der Waals surface area contributed by atoms with E-state index in [1.54, 1.807) is 14.2 Å². The number of hydrogen-bond donors (Lipinski definition) is 1. The number of ether oxygens (including phenoxy) is 3. The Labute approximate surface area is 112 Å². The molecule has 0 aliphatic heterocycles. The van der Waals surface area contributed by atoms with Crippen LogP contribution in [0.4, 0.5) is 4.79 Å². The summed E-state index contributed by atoms with van der Waals surface area (Å²) < 4.78 is 15.3. The van der Waals surface area contributed by atoms with Crippen molar-refractivity contribution in [2.75, 3.05) is 20.8 Å². The van der Waals surface area contributed by atoms with Crippen LogP contribution in [0.25, 0.3) is 0 Å². The van der Waals surface area contributed by atoms with E-state index in [9.17, 15) is 4.79 Å². The Morgan fingerprint density at radius 1 is 1.26 bits per heavy atom. The molecule has 19 heavy (non-hydrogen) atoms. The predicted octanol–water partition coefficient (Wildman–Crippen LogP) is 2.10. The smallest absolute Gasteiger partial charge is 0.407 e. The SMILES string of the molecule is COCC1(NC(=O)OCc2ccc(OC)cc2)CC1. The normalized spacial score (nSPS) is 15.7. The molecule has 1 fully saturated rings. The van der Waals surface area contributed by atoms with Crippen LogP contribution in [-0.4, -0.2) is 32.5 Å². The van der Waals surface area contributed by atoms with Crippen molar-refractivity contribution >= 4 is 6.09 Å². The number of amides is 1. The number of hydrogen-bond acceptors (Lipinski definition) is 4. The third-order valence-electron chi connectivity index (χ3n) is 3.17. The van der Waals surface area contributed by atoms with Crippen molar-refractivity contribution in [3.8, 4) is 5.75 Å². The quantitative estimate of drug-likeness (QED) is 0.855. The fraction of sp³-hybridized carbons (Fsp3) is 0.500. The van der Waals surface area contributed by atoms with Crippen molar-refractivity contribution in [2.24, 2.45) is 0 Å². The summed E-state index contributed by atoms with van der Waals surface area (Å²) >= 11 is 0. The number of carbonyl (C=O) groups is 1. The van der Waals surface area contributed by atoms with Crippen molar-refractivity contribution in [2.45, 2.75) is 25.0 Å². The molecule has 1 aliphatic rings. The Morgan fingerprint density at radius 3 is 2.47 bits per heavy atom. The number of rotatable bonds is 6. The van der Waals surface area contributed by atoms with Gasteiger partial charge in [-0.15, -0.1) is 0 Å². The van der Waals surface area contributed by atoms with Crippen LogP contribution in [-0.2, 0) is 16.1 Å². The van der Waals surface area contributed by atoms with Crippen LogP contribution in [0.2, 0.25) is 0 Å². The van der Waals surface area contributed by atoms with Crippen LogP contribution >= 0.6 is 0 Å². The van der Waals surface area contributed by atoms with Gasteiger partial charge in [-0.1, -0.05) is 12.1 Å². The van der Waals surface area contributed by atoms with E-state index in [1.807, 2.05) is 24.3 Å². The number of benzene rings is 1. The molecule has 0 aromatic heterocycles. The summed E-state index contributed by atoms with van der Waals surface area (Å²) in [7, 11) is 3.24. The molecule has 1 aromatic rings. The van der Waals surface area contributed by atoms with Crippen molar-refractivity contribution in [3.63, 3.8) is 0 Å². The summed E-state index contributed by atoms with van der Waals surface area (Å²) in [6.07, 6.45) is 1.49. The van der Waals surface area contributed by atoms with Gasteiger partial charge >= 0.3 is 6.09 Å². The fourth-order valence-electron chi connectivity index (χ4n) is 1.86. The minimum atomic E-state index is -0.398. The summed E-state index contributed by atoms with van der Waals surface area (Å²) in [5, 5.41) is 2.85. The van der Waals surface area contributed by atoms with Gasteiger partial charge in [0.25, 0.3) is 0 Å². The van der Waals surface area contributed by atoms with Gasteiger partial charge in [-0.05, 0) is 30.5 Å². The van der Waals surface area contributed by atoms with Gasteiger partial charge in [-0.2, -0.15) is 0 Å². The Balaban J connectivity index is 1.76. The van der Waals surface area contributed by atoms with Crippen LogP contribution in [0.3, 0.4) is 0 Å². The molecule has 5 heteroatoms. The van der Waals surface area contributed by atoms with Gasteiger partial charge in [0.05, 0.1) is 19.3 Å². The van der Waals surface area contributed by atoms with Crippen LogP contribution in [0, 0.1) is 0 Å². The van der Waals surface area contributed by atoms with E-state index in [0.717, 1.165) is 24.2 Å². The second-order valence-corrected chi connectivity index (χ2v) is 4.76. The zero-order valence-electron chi connectivity index (χ0n) is 11.3. The first-order valence-electron chi connectivity index (χ1n) is 6.24. The molecule has 0 heterocycles. The van der Waals surface area contributed by atoms with Gasteiger partial charge < -0.3 is 19.5 Å². The maximum Gasteiger partial charge on any atom is 0.407 e. The molecule has 0 spiro atoms. The average Bonchev–Trinajstić information content (AvgIpc) is 3.17. The fourth-order valence-corrected chi connectivity index (χ4v) is 1.86. The molecule has 1 aromatic carbocycles. The van der Waals surface area contributed by atoms with E-state index in [-0.39, 0.29) is 12.1 Å². The van der Waals surface area contributed by atoms with Crippen molar-refractivity contribution in [1.82, 2.24) is 5.32 Å². The van der Waals surface area contributed by atoms with Crippen LogP contribution < -0.4 is 10.1 Å². The number of alkyl carbamates (subject to hydrolysis) is 1. The molecule has 0 radical (unpaired) electrons. The lowest BCUT2D eigenvalue weighted by Gasteiger charge is -2.16. The summed E-state index contributed by atoms with van der Waals surface area (Å²) in [5.41, 5.74) is 0.721. The lowest BCUT2D eigenvalue weighted by atomic mass is 10.2. The van der Waals surface area contributed by atoms with Crippen molar-refractivity contribution < 1.29 is 19.0 Å². The van der Waals surface area contributed by atoms with Gasteiger partial charge in [0.1, 0.15) is 12.4 Å². The van der Waals surface area contributed by atoms with E-state index in [4.69, 9.17) is 14.2 Å².